The standard InChI is InChI=1S/C10H18N2O2/c1-6-5-14-7(2)4-12(6)10(13)8-3-9(8)11/h6-9H,3-5,11H2,1-2H3. The highest BCUT2D eigenvalue weighted by atomic mass is 16.5. The zero-order valence-corrected chi connectivity index (χ0v) is 8.77. The maximum atomic E-state index is 11.9. The number of nitrogens with zero attached hydrogens (tertiary/aromatic N) is 1. The molecule has 4 atom stereocenters. The van der Waals surface area contributed by atoms with Gasteiger partial charge in [0.05, 0.1) is 24.7 Å². The summed E-state index contributed by atoms with van der Waals surface area (Å²) in [5.74, 6) is 0.308. The molecule has 2 rings (SSSR count). The highest BCUT2D eigenvalue weighted by Gasteiger charge is 2.44. The Morgan fingerprint density at radius 3 is 2.71 bits per heavy atom. The summed E-state index contributed by atoms with van der Waals surface area (Å²) in [5, 5.41) is 0. The van der Waals surface area contributed by atoms with E-state index in [4.69, 9.17) is 10.5 Å². The Morgan fingerprint density at radius 2 is 2.14 bits per heavy atom. The van der Waals surface area contributed by atoms with Gasteiger partial charge in [-0.25, -0.2) is 0 Å². The van der Waals surface area contributed by atoms with Crippen molar-refractivity contribution < 1.29 is 9.53 Å². The monoisotopic (exact) mass is 198 g/mol. The lowest BCUT2D eigenvalue weighted by Gasteiger charge is -2.37. The summed E-state index contributed by atoms with van der Waals surface area (Å²) in [7, 11) is 0. The maximum absolute atomic E-state index is 11.9. The average molecular weight is 198 g/mol. The molecule has 4 heteroatoms. The van der Waals surface area contributed by atoms with Crippen LogP contribution in [0.3, 0.4) is 0 Å². The average Bonchev–Trinajstić information content (AvgIpc) is 2.86. The summed E-state index contributed by atoms with van der Waals surface area (Å²) in [5.41, 5.74) is 5.68. The lowest BCUT2D eigenvalue weighted by Crippen LogP contribution is -2.51. The van der Waals surface area contributed by atoms with E-state index in [9.17, 15) is 4.79 Å². The lowest BCUT2D eigenvalue weighted by atomic mass is 10.2. The van der Waals surface area contributed by atoms with Crippen LogP contribution in [0.15, 0.2) is 0 Å². The van der Waals surface area contributed by atoms with Crippen molar-refractivity contribution in [2.24, 2.45) is 11.7 Å². The minimum Gasteiger partial charge on any atom is -0.375 e. The topological polar surface area (TPSA) is 55.6 Å². The summed E-state index contributed by atoms with van der Waals surface area (Å²) in [6, 6.07) is 0.305. The molecule has 1 amide bonds. The summed E-state index contributed by atoms with van der Waals surface area (Å²) in [6.45, 7) is 5.38. The third-order valence-electron chi connectivity index (χ3n) is 3.05. The van der Waals surface area contributed by atoms with Crippen LogP contribution in [0, 0.1) is 5.92 Å². The predicted molar refractivity (Wildman–Crippen MR) is 52.7 cm³/mol. The minimum absolute atomic E-state index is 0.0859. The van der Waals surface area contributed by atoms with Gasteiger partial charge in [-0.15, -0.1) is 0 Å². The van der Waals surface area contributed by atoms with Gasteiger partial charge >= 0.3 is 0 Å². The Kier molecular flexibility index (Phi) is 2.49. The van der Waals surface area contributed by atoms with Gasteiger partial charge in [-0.2, -0.15) is 0 Å². The first-order valence-corrected chi connectivity index (χ1v) is 5.27. The second-order valence-electron chi connectivity index (χ2n) is 4.49. The molecule has 14 heavy (non-hydrogen) atoms. The molecule has 2 aliphatic rings. The molecule has 0 bridgehead atoms. The van der Waals surface area contributed by atoms with E-state index in [1.165, 1.54) is 0 Å². The van der Waals surface area contributed by atoms with Crippen LogP contribution >= 0.6 is 0 Å². The van der Waals surface area contributed by atoms with Crippen LogP contribution in [0.2, 0.25) is 0 Å². The molecule has 1 aliphatic heterocycles. The van der Waals surface area contributed by atoms with E-state index in [2.05, 4.69) is 0 Å². The van der Waals surface area contributed by atoms with Gasteiger partial charge in [0.15, 0.2) is 0 Å². The Morgan fingerprint density at radius 1 is 1.50 bits per heavy atom. The molecule has 2 fully saturated rings. The smallest absolute Gasteiger partial charge is 0.227 e. The highest BCUT2D eigenvalue weighted by Crippen LogP contribution is 2.31. The fraction of sp³-hybridized carbons (Fsp3) is 0.900. The van der Waals surface area contributed by atoms with E-state index in [0.29, 0.717) is 13.2 Å². The number of hydrogen-bond acceptors (Lipinski definition) is 3. The van der Waals surface area contributed by atoms with E-state index < -0.39 is 0 Å². The number of carbonyl (C=O) groups excluding carboxylic acids is 1. The molecular formula is C10H18N2O2. The quantitative estimate of drug-likeness (QED) is 0.643. The normalized spacial score (nSPS) is 42.4. The Balaban J connectivity index is 1.97. The van der Waals surface area contributed by atoms with Crippen LogP contribution in [0.5, 0.6) is 0 Å². The molecule has 4 nitrogen and oxygen atoms in total. The Hall–Kier alpha value is -0.610. The van der Waals surface area contributed by atoms with Crippen molar-refractivity contribution in [3.8, 4) is 0 Å². The number of morpholine rings is 1. The first kappa shape index (κ1) is 9.93. The zero-order valence-electron chi connectivity index (χ0n) is 8.77. The van der Waals surface area contributed by atoms with E-state index in [-0.39, 0.29) is 30.0 Å². The second kappa shape index (κ2) is 3.51. The van der Waals surface area contributed by atoms with E-state index in [1.807, 2.05) is 18.7 Å². The first-order valence-electron chi connectivity index (χ1n) is 5.27. The molecule has 80 valence electrons. The van der Waals surface area contributed by atoms with E-state index in [1.54, 1.807) is 0 Å². The molecule has 4 unspecified atom stereocenters. The van der Waals surface area contributed by atoms with Crippen molar-refractivity contribution in [2.75, 3.05) is 13.2 Å². The summed E-state index contributed by atoms with van der Waals surface area (Å²) < 4.78 is 5.47. The molecule has 0 spiro atoms. The van der Waals surface area contributed by atoms with Gasteiger partial charge in [0.2, 0.25) is 5.91 Å². The van der Waals surface area contributed by atoms with Crippen LogP contribution in [0.25, 0.3) is 0 Å². The van der Waals surface area contributed by atoms with E-state index in [0.717, 1.165) is 6.42 Å². The van der Waals surface area contributed by atoms with Crippen LogP contribution in [-0.2, 0) is 9.53 Å². The molecule has 0 radical (unpaired) electrons. The zero-order chi connectivity index (χ0) is 10.3. The van der Waals surface area contributed by atoms with Crippen LogP contribution in [-0.4, -0.2) is 42.1 Å². The van der Waals surface area contributed by atoms with Gasteiger partial charge in [-0.05, 0) is 20.3 Å². The van der Waals surface area contributed by atoms with Crippen LogP contribution < -0.4 is 5.73 Å². The minimum atomic E-state index is 0.0859. The third kappa shape index (κ3) is 1.77. The molecule has 0 aromatic heterocycles. The van der Waals surface area contributed by atoms with Crippen molar-refractivity contribution in [2.45, 2.75) is 38.5 Å². The van der Waals surface area contributed by atoms with Gasteiger partial charge < -0.3 is 15.4 Å². The number of ether oxygens (including phenoxy) is 1. The maximum Gasteiger partial charge on any atom is 0.227 e. The summed E-state index contributed by atoms with van der Waals surface area (Å²) in [4.78, 5) is 13.8. The van der Waals surface area contributed by atoms with E-state index >= 15 is 0 Å². The van der Waals surface area contributed by atoms with Crippen molar-refractivity contribution >= 4 is 5.91 Å². The predicted octanol–water partition coefficient (Wildman–Crippen LogP) is -0.0306. The van der Waals surface area contributed by atoms with Gasteiger partial charge in [0.1, 0.15) is 0 Å². The van der Waals surface area contributed by atoms with Gasteiger partial charge in [0, 0.05) is 12.6 Å². The molecular weight excluding hydrogens is 180 g/mol. The molecule has 0 aromatic carbocycles. The number of carbonyl (C=O) groups is 1. The van der Waals surface area contributed by atoms with Gasteiger partial charge in [-0.1, -0.05) is 0 Å². The number of rotatable bonds is 1. The Labute approximate surface area is 84.4 Å². The van der Waals surface area contributed by atoms with Crippen molar-refractivity contribution in [3.05, 3.63) is 0 Å². The fourth-order valence-corrected chi connectivity index (χ4v) is 1.92. The summed E-state index contributed by atoms with van der Waals surface area (Å²) in [6.07, 6.45) is 1.02. The largest absolute Gasteiger partial charge is 0.375 e. The van der Waals surface area contributed by atoms with Crippen molar-refractivity contribution in [1.29, 1.82) is 0 Å². The molecule has 1 aliphatic carbocycles. The summed E-state index contributed by atoms with van der Waals surface area (Å²) >= 11 is 0. The van der Waals surface area contributed by atoms with Crippen molar-refractivity contribution in [1.82, 2.24) is 4.90 Å². The fourth-order valence-electron chi connectivity index (χ4n) is 1.92. The SMILES string of the molecule is CC1CN(C(=O)C2CC2N)C(C)CO1. The van der Waals surface area contributed by atoms with Crippen LogP contribution in [0.1, 0.15) is 20.3 Å². The van der Waals surface area contributed by atoms with Crippen LogP contribution in [0.4, 0.5) is 0 Å². The molecule has 0 aromatic rings. The highest BCUT2D eigenvalue weighted by molar-refractivity contribution is 5.82. The Bertz CT molecular complexity index is 244. The molecule has 2 N–H and O–H groups in total. The van der Waals surface area contributed by atoms with Gasteiger partial charge in [0.25, 0.3) is 0 Å². The number of hydrogen-bond donors (Lipinski definition) is 1. The second-order valence-corrected chi connectivity index (χ2v) is 4.49. The molecule has 1 heterocycles. The lowest BCUT2D eigenvalue weighted by molar-refractivity contribution is -0.144. The number of nitrogens with two attached hydrogens (primary N) is 1. The first-order chi connectivity index (χ1) is 6.59. The number of amides is 1. The molecule has 1 saturated carbocycles. The van der Waals surface area contributed by atoms with Gasteiger partial charge in [-0.3, -0.25) is 4.79 Å². The third-order valence-corrected chi connectivity index (χ3v) is 3.05. The molecule has 1 saturated heterocycles. The van der Waals surface area contributed by atoms with Crippen molar-refractivity contribution in [3.63, 3.8) is 0 Å².